The Hall–Kier alpha value is -2.85. The first kappa shape index (κ1) is 16.0. The lowest BCUT2D eigenvalue weighted by molar-refractivity contribution is -0.137. The summed E-state index contributed by atoms with van der Waals surface area (Å²) in [5, 5.41) is 5.24. The number of hydrogen-bond acceptors (Lipinski definition) is 4. The van der Waals surface area contributed by atoms with Crippen LogP contribution in [0.15, 0.2) is 23.0 Å². The van der Waals surface area contributed by atoms with Crippen LogP contribution in [0.25, 0.3) is 11.0 Å². The quantitative estimate of drug-likeness (QED) is 0.540. The molecule has 1 saturated heterocycles. The van der Waals surface area contributed by atoms with E-state index >= 15 is 0 Å². The molecular weight excluding hydrogens is 308 g/mol. The number of aromatic amines is 1. The van der Waals surface area contributed by atoms with Crippen LogP contribution in [-0.2, 0) is 9.59 Å². The minimum Gasteiger partial charge on any atom is -0.309 e. The van der Waals surface area contributed by atoms with Crippen molar-refractivity contribution in [1.29, 1.82) is 0 Å². The topological polar surface area (TPSA) is 96.0 Å². The Labute approximate surface area is 138 Å². The van der Waals surface area contributed by atoms with Gasteiger partial charge in [0, 0.05) is 6.42 Å². The molecule has 1 aromatic carbocycles. The third-order valence-corrected chi connectivity index (χ3v) is 4.22. The number of imide groups is 1. The first-order valence-electron chi connectivity index (χ1n) is 7.73. The molecule has 124 valence electrons. The summed E-state index contributed by atoms with van der Waals surface area (Å²) in [5.41, 5.74) is 1.64. The van der Waals surface area contributed by atoms with Crippen molar-refractivity contribution in [2.75, 3.05) is 13.6 Å². The number of amides is 2. The Kier molecular flexibility index (Phi) is 4.23. The summed E-state index contributed by atoms with van der Waals surface area (Å²) >= 11 is 0. The zero-order chi connectivity index (χ0) is 17.3. The lowest BCUT2D eigenvalue weighted by atomic mass is 9.93. The summed E-state index contributed by atoms with van der Waals surface area (Å²) in [4.78, 5) is 38.9. The van der Waals surface area contributed by atoms with E-state index in [9.17, 15) is 14.4 Å². The maximum absolute atomic E-state index is 12.5. The number of fused-ring (bicyclic) bond motifs is 1. The van der Waals surface area contributed by atoms with E-state index in [0.717, 1.165) is 0 Å². The average molecular weight is 326 g/mol. The summed E-state index contributed by atoms with van der Waals surface area (Å²) in [6, 6.07) is 4.92. The SMILES string of the molecule is CNCC#Cc1cccc2c1[nH]c(=O)n2C1CC(=O)NC(=O)C1C. The number of hydrogen-bond donors (Lipinski definition) is 3. The van der Waals surface area contributed by atoms with Crippen LogP contribution in [0.3, 0.4) is 0 Å². The van der Waals surface area contributed by atoms with Crippen LogP contribution < -0.4 is 16.3 Å². The van der Waals surface area contributed by atoms with Gasteiger partial charge in [-0.25, -0.2) is 4.79 Å². The second-order valence-corrected chi connectivity index (χ2v) is 5.80. The smallest absolute Gasteiger partial charge is 0.309 e. The molecule has 3 N–H and O–H groups in total. The van der Waals surface area contributed by atoms with E-state index in [0.29, 0.717) is 23.1 Å². The molecule has 7 nitrogen and oxygen atoms in total. The molecular formula is C17H18N4O3. The fraction of sp³-hybridized carbons (Fsp3) is 0.353. The van der Waals surface area contributed by atoms with Crippen LogP contribution >= 0.6 is 0 Å². The maximum atomic E-state index is 12.5. The molecule has 0 saturated carbocycles. The highest BCUT2D eigenvalue weighted by Gasteiger charge is 2.35. The second kappa shape index (κ2) is 6.34. The first-order valence-corrected chi connectivity index (χ1v) is 7.73. The Balaban J connectivity index is 2.13. The van der Waals surface area contributed by atoms with E-state index in [1.165, 1.54) is 4.57 Å². The van der Waals surface area contributed by atoms with E-state index in [1.807, 2.05) is 12.1 Å². The van der Waals surface area contributed by atoms with E-state index in [1.54, 1.807) is 20.0 Å². The zero-order valence-electron chi connectivity index (χ0n) is 13.5. The predicted octanol–water partition coefficient (Wildman–Crippen LogP) is 0.124. The number of H-pyrrole nitrogens is 1. The van der Waals surface area contributed by atoms with Gasteiger partial charge >= 0.3 is 5.69 Å². The molecule has 24 heavy (non-hydrogen) atoms. The highest BCUT2D eigenvalue weighted by molar-refractivity contribution is 5.99. The van der Waals surface area contributed by atoms with Gasteiger partial charge in [-0.05, 0) is 19.2 Å². The van der Waals surface area contributed by atoms with E-state index < -0.39 is 12.0 Å². The maximum Gasteiger partial charge on any atom is 0.326 e. The molecule has 2 heterocycles. The molecule has 1 fully saturated rings. The van der Waals surface area contributed by atoms with Crippen molar-refractivity contribution in [2.45, 2.75) is 19.4 Å². The van der Waals surface area contributed by atoms with Crippen LogP contribution in [0.1, 0.15) is 24.9 Å². The lowest BCUT2D eigenvalue weighted by Gasteiger charge is -2.28. The monoisotopic (exact) mass is 326 g/mol. The number of nitrogens with one attached hydrogen (secondary N) is 3. The van der Waals surface area contributed by atoms with Gasteiger partial charge in [-0.1, -0.05) is 24.8 Å². The van der Waals surface area contributed by atoms with Gasteiger partial charge < -0.3 is 10.3 Å². The third kappa shape index (κ3) is 2.72. The Morgan fingerprint density at radius 3 is 2.88 bits per heavy atom. The molecule has 1 aromatic heterocycles. The van der Waals surface area contributed by atoms with Crippen LogP contribution in [-0.4, -0.2) is 35.0 Å². The number of carbonyl (C=O) groups is 2. The van der Waals surface area contributed by atoms with Crippen molar-refractivity contribution in [2.24, 2.45) is 5.92 Å². The molecule has 0 spiro atoms. The van der Waals surface area contributed by atoms with Gasteiger partial charge in [0.25, 0.3) is 0 Å². The first-order chi connectivity index (χ1) is 11.5. The van der Waals surface area contributed by atoms with Gasteiger partial charge in [0.05, 0.1) is 35.1 Å². The molecule has 0 bridgehead atoms. The summed E-state index contributed by atoms with van der Waals surface area (Å²) in [6.45, 7) is 2.25. The van der Waals surface area contributed by atoms with E-state index in [4.69, 9.17) is 0 Å². The number of para-hydroxylation sites is 1. The molecule has 2 aromatic rings. The zero-order valence-corrected chi connectivity index (χ0v) is 13.5. The van der Waals surface area contributed by atoms with Crippen molar-refractivity contribution < 1.29 is 9.59 Å². The van der Waals surface area contributed by atoms with Gasteiger partial charge in [0.2, 0.25) is 11.8 Å². The van der Waals surface area contributed by atoms with Crippen molar-refractivity contribution in [3.8, 4) is 11.8 Å². The molecule has 2 unspecified atom stereocenters. The Morgan fingerprint density at radius 1 is 1.33 bits per heavy atom. The van der Waals surface area contributed by atoms with Gasteiger partial charge in [0.15, 0.2) is 0 Å². The molecule has 7 heteroatoms. The van der Waals surface area contributed by atoms with Crippen molar-refractivity contribution in [1.82, 2.24) is 20.2 Å². The van der Waals surface area contributed by atoms with Crippen LogP contribution in [0.2, 0.25) is 0 Å². The van der Waals surface area contributed by atoms with Gasteiger partial charge in [0.1, 0.15) is 0 Å². The number of imidazole rings is 1. The van der Waals surface area contributed by atoms with Crippen LogP contribution in [0.5, 0.6) is 0 Å². The number of benzene rings is 1. The van der Waals surface area contributed by atoms with E-state index in [-0.39, 0.29) is 23.9 Å². The molecule has 2 atom stereocenters. The largest absolute Gasteiger partial charge is 0.326 e. The minimum absolute atomic E-state index is 0.0927. The molecule has 0 aliphatic carbocycles. The van der Waals surface area contributed by atoms with Gasteiger partial charge in [-0.2, -0.15) is 0 Å². The second-order valence-electron chi connectivity index (χ2n) is 5.80. The Morgan fingerprint density at radius 2 is 2.12 bits per heavy atom. The minimum atomic E-state index is -0.506. The highest BCUT2D eigenvalue weighted by atomic mass is 16.2. The predicted molar refractivity (Wildman–Crippen MR) is 89.3 cm³/mol. The molecule has 0 radical (unpaired) electrons. The number of aromatic nitrogens is 2. The fourth-order valence-electron chi connectivity index (χ4n) is 2.97. The number of piperidine rings is 1. The standard InChI is InChI=1S/C17H18N4O3/c1-10-13(9-14(22)19-16(10)23)21-12-7-3-5-11(6-4-8-18-2)15(12)20-17(21)24/h3,5,7,10,13,18H,8-9H2,1-2H3,(H,20,24)(H,19,22,23). The summed E-state index contributed by atoms with van der Waals surface area (Å²) < 4.78 is 1.50. The average Bonchev–Trinajstić information content (AvgIpc) is 2.88. The third-order valence-electron chi connectivity index (χ3n) is 4.22. The normalized spacial score (nSPS) is 20.6. The van der Waals surface area contributed by atoms with Crippen LogP contribution in [0.4, 0.5) is 0 Å². The van der Waals surface area contributed by atoms with Gasteiger partial charge in [-0.3, -0.25) is 19.5 Å². The molecule has 1 aliphatic heterocycles. The highest BCUT2D eigenvalue weighted by Crippen LogP contribution is 2.28. The molecule has 2 amide bonds. The Bertz CT molecular complexity index is 929. The van der Waals surface area contributed by atoms with Gasteiger partial charge in [-0.15, -0.1) is 0 Å². The van der Waals surface area contributed by atoms with Crippen molar-refractivity contribution >= 4 is 22.8 Å². The number of carbonyl (C=O) groups excluding carboxylic acids is 2. The van der Waals surface area contributed by atoms with E-state index in [2.05, 4.69) is 27.5 Å². The number of nitrogens with zero attached hydrogens (tertiary/aromatic N) is 1. The number of rotatable bonds is 2. The lowest BCUT2D eigenvalue weighted by Crippen LogP contribution is -2.46. The van der Waals surface area contributed by atoms with Crippen molar-refractivity contribution in [3.63, 3.8) is 0 Å². The summed E-state index contributed by atoms with van der Waals surface area (Å²) in [5.74, 6) is 4.78. The van der Waals surface area contributed by atoms with Crippen molar-refractivity contribution in [3.05, 3.63) is 34.2 Å². The fourth-order valence-corrected chi connectivity index (χ4v) is 2.97. The van der Waals surface area contributed by atoms with Crippen LogP contribution in [0, 0.1) is 17.8 Å². The summed E-state index contributed by atoms with van der Waals surface area (Å²) in [7, 11) is 1.81. The molecule has 1 aliphatic rings. The molecule has 3 rings (SSSR count). The summed E-state index contributed by atoms with van der Waals surface area (Å²) in [6.07, 6.45) is 0.0927.